The van der Waals surface area contributed by atoms with E-state index >= 15 is 0 Å². The molecule has 8 heteroatoms. The molecular weight excluding hydrogens is 326 g/mol. The van der Waals surface area contributed by atoms with Crippen LogP contribution in [0, 0.1) is 11.6 Å². The van der Waals surface area contributed by atoms with Crippen molar-refractivity contribution >= 4 is 11.6 Å². The van der Waals surface area contributed by atoms with Gasteiger partial charge in [-0.2, -0.15) is 0 Å². The third-order valence-electron chi connectivity index (χ3n) is 3.35. The van der Waals surface area contributed by atoms with E-state index in [1.165, 1.54) is 23.9 Å². The maximum absolute atomic E-state index is 13.9. The second kappa shape index (κ2) is 5.92. The van der Waals surface area contributed by atoms with Crippen molar-refractivity contribution in [3.63, 3.8) is 0 Å². The molecule has 0 atom stereocenters. The Bertz CT molecular complexity index is 862. The summed E-state index contributed by atoms with van der Waals surface area (Å²) in [5.74, 6) is -0.594. The van der Waals surface area contributed by atoms with E-state index in [-0.39, 0.29) is 16.5 Å². The standard InChI is InChI=1S/C15H11ClF2N4O/c1-22-14(9-6-8(23-2)7-19-13(9)16)20-21-15(22)12-10(17)4-3-5-11(12)18/h3-7H,1-2H3. The van der Waals surface area contributed by atoms with Crippen LogP contribution in [0.25, 0.3) is 22.8 Å². The number of nitrogens with zero attached hydrogens (tertiary/aromatic N) is 4. The van der Waals surface area contributed by atoms with Crippen molar-refractivity contribution in [2.24, 2.45) is 7.05 Å². The molecule has 0 saturated heterocycles. The lowest BCUT2D eigenvalue weighted by molar-refractivity contribution is 0.413. The summed E-state index contributed by atoms with van der Waals surface area (Å²) in [6.07, 6.45) is 1.46. The molecule has 0 N–H and O–H groups in total. The number of ether oxygens (including phenoxy) is 1. The van der Waals surface area contributed by atoms with Crippen LogP contribution in [0.5, 0.6) is 5.75 Å². The Balaban J connectivity index is 2.17. The number of hydrogen-bond acceptors (Lipinski definition) is 4. The molecule has 0 unspecified atom stereocenters. The highest BCUT2D eigenvalue weighted by Gasteiger charge is 2.21. The number of halogens is 3. The lowest BCUT2D eigenvalue weighted by Crippen LogP contribution is -2.00. The summed E-state index contributed by atoms with van der Waals surface area (Å²) in [7, 11) is 3.08. The van der Waals surface area contributed by atoms with Gasteiger partial charge in [-0.15, -0.1) is 10.2 Å². The number of rotatable bonds is 3. The normalized spacial score (nSPS) is 10.8. The number of aromatic nitrogens is 4. The molecule has 0 saturated carbocycles. The van der Waals surface area contributed by atoms with Crippen LogP contribution in [-0.4, -0.2) is 26.9 Å². The van der Waals surface area contributed by atoms with Crippen molar-refractivity contribution in [2.45, 2.75) is 0 Å². The molecule has 0 spiro atoms. The molecule has 0 fully saturated rings. The smallest absolute Gasteiger partial charge is 0.169 e. The summed E-state index contributed by atoms with van der Waals surface area (Å²) in [5, 5.41) is 8.05. The fraction of sp³-hybridized carbons (Fsp3) is 0.133. The van der Waals surface area contributed by atoms with Crippen LogP contribution in [0.2, 0.25) is 5.15 Å². The van der Waals surface area contributed by atoms with Gasteiger partial charge in [0, 0.05) is 7.05 Å². The van der Waals surface area contributed by atoms with Gasteiger partial charge < -0.3 is 9.30 Å². The monoisotopic (exact) mass is 336 g/mol. The fourth-order valence-corrected chi connectivity index (χ4v) is 2.38. The molecule has 3 aromatic rings. The highest BCUT2D eigenvalue weighted by Crippen LogP contribution is 2.31. The van der Waals surface area contributed by atoms with Gasteiger partial charge in [0.05, 0.1) is 24.4 Å². The average molecular weight is 337 g/mol. The Morgan fingerprint density at radius 1 is 1.13 bits per heavy atom. The van der Waals surface area contributed by atoms with Crippen molar-refractivity contribution in [1.82, 2.24) is 19.7 Å². The molecule has 1 aromatic carbocycles. The van der Waals surface area contributed by atoms with Crippen molar-refractivity contribution in [1.29, 1.82) is 0 Å². The molecule has 0 aliphatic carbocycles. The summed E-state index contributed by atoms with van der Waals surface area (Å²) in [6, 6.07) is 5.23. The minimum Gasteiger partial charge on any atom is -0.495 e. The van der Waals surface area contributed by atoms with Crippen molar-refractivity contribution in [3.8, 4) is 28.5 Å². The summed E-state index contributed by atoms with van der Waals surface area (Å²) in [5.41, 5.74) is 0.199. The molecule has 0 radical (unpaired) electrons. The highest BCUT2D eigenvalue weighted by molar-refractivity contribution is 6.32. The molecule has 23 heavy (non-hydrogen) atoms. The first-order chi connectivity index (χ1) is 11.0. The predicted molar refractivity (Wildman–Crippen MR) is 81.1 cm³/mol. The number of benzene rings is 1. The predicted octanol–water partition coefficient (Wildman–Crippen LogP) is 3.48. The van der Waals surface area contributed by atoms with E-state index in [9.17, 15) is 8.78 Å². The number of methoxy groups -OCH3 is 1. The van der Waals surface area contributed by atoms with Gasteiger partial charge in [-0.05, 0) is 18.2 Å². The molecular formula is C15H11ClF2N4O. The summed E-state index contributed by atoms with van der Waals surface area (Å²) < 4.78 is 34.4. The van der Waals surface area contributed by atoms with E-state index < -0.39 is 11.6 Å². The summed E-state index contributed by atoms with van der Waals surface area (Å²) in [4.78, 5) is 4.00. The zero-order valence-corrected chi connectivity index (χ0v) is 13.0. The summed E-state index contributed by atoms with van der Waals surface area (Å²) >= 11 is 6.08. The molecule has 3 rings (SSSR count). The second-order valence-corrected chi connectivity index (χ2v) is 5.07. The van der Waals surface area contributed by atoms with Gasteiger partial charge in [0.2, 0.25) is 0 Å². The Kier molecular flexibility index (Phi) is 3.96. The Labute approximate surface area is 135 Å². The van der Waals surface area contributed by atoms with Crippen LogP contribution in [-0.2, 0) is 7.05 Å². The zero-order chi connectivity index (χ0) is 16.6. The first-order valence-electron chi connectivity index (χ1n) is 6.56. The van der Waals surface area contributed by atoms with Crippen molar-refractivity contribution in [2.75, 3.05) is 7.11 Å². The van der Waals surface area contributed by atoms with Crippen LogP contribution >= 0.6 is 11.6 Å². The minimum absolute atomic E-state index is 0.0505. The van der Waals surface area contributed by atoms with Crippen LogP contribution < -0.4 is 4.74 Å². The lowest BCUT2D eigenvalue weighted by atomic mass is 10.2. The van der Waals surface area contributed by atoms with E-state index in [0.29, 0.717) is 17.1 Å². The molecule has 0 amide bonds. The second-order valence-electron chi connectivity index (χ2n) is 4.72. The minimum atomic E-state index is -0.720. The van der Waals surface area contributed by atoms with Gasteiger partial charge in [-0.3, -0.25) is 0 Å². The molecule has 0 aliphatic rings. The molecule has 2 aromatic heterocycles. The molecule has 0 bridgehead atoms. The fourth-order valence-electron chi connectivity index (χ4n) is 2.19. The largest absolute Gasteiger partial charge is 0.495 e. The van der Waals surface area contributed by atoms with E-state index in [1.807, 2.05) is 0 Å². The molecule has 5 nitrogen and oxygen atoms in total. The average Bonchev–Trinajstić information content (AvgIpc) is 2.89. The van der Waals surface area contributed by atoms with Gasteiger partial charge in [0.15, 0.2) is 11.6 Å². The van der Waals surface area contributed by atoms with Crippen LogP contribution in [0.1, 0.15) is 0 Å². The first kappa shape index (κ1) is 15.4. The maximum atomic E-state index is 13.9. The molecule has 2 heterocycles. The molecule has 118 valence electrons. The molecule has 0 aliphatic heterocycles. The van der Waals surface area contributed by atoms with Crippen LogP contribution in [0.4, 0.5) is 8.78 Å². The van der Waals surface area contributed by atoms with Gasteiger partial charge in [-0.25, -0.2) is 13.8 Å². The van der Waals surface area contributed by atoms with Crippen LogP contribution in [0.3, 0.4) is 0 Å². The van der Waals surface area contributed by atoms with E-state index in [2.05, 4.69) is 15.2 Å². The van der Waals surface area contributed by atoms with E-state index in [4.69, 9.17) is 16.3 Å². The quantitative estimate of drug-likeness (QED) is 0.687. The Morgan fingerprint density at radius 3 is 2.43 bits per heavy atom. The Morgan fingerprint density at radius 2 is 1.78 bits per heavy atom. The third kappa shape index (κ3) is 2.63. The highest BCUT2D eigenvalue weighted by atomic mass is 35.5. The van der Waals surface area contributed by atoms with Crippen molar-refractivity contribution < 1.29 is 13.5 Å². The SMILES string of the molecule is COc1cnc(Cl)c(-c2nnc(-c3c(F)cccc3F)n2C)c1. The Hall–Kier alpha value is -2.54. The topological polar surface area (TPSA) is 52.8 Å². The van der Waals surface area contributed by atoms with Gasteiger partial charge in [0.25, 0.3) is 0 Å². The maximum Gasteiger partial charge on any atom is 0.169 e. The zero-order valence-electron chi connectivity index (χ0n) is 12.2. The first-order valence-corrected chi connectivity index (χ1v) is 6.94. The van der Waals surface area contributed by atoms with Crippen LogP contribution in [0.15, 0.2) is 30.5 Å². The van der Waals surface area contributed by atoms with Gasteiger partial charge in [-0.1, -0.05) is 17.7 Å². The third-order valence-corrected chi connectivity index (χ3v) is 3.65. The number of pyridine rings is 1. The number of hydrogen-bond donors (Lipinski definition) is 0. The van der Waals surface area contributed by atoms with Gasteiger partial charge in [0.1, 0.15) is 22.5 Å². The van der Waals surface area contributed by atoms with E-state index in [0.717, 1.165) is 12.1 Å². The summed E-state index contributed by atoms with van der Waals surface area (Å²) in [6.45, 7) is 0. The van der Waals surface area contributed by atoms with E-state index in [1.54, 1.807) is 13.1 Å². The van der Waals surface area contributed by atoms with Gasteiger partial charge >= 0.3 is 0 Å². The lowest BCUT2D eigenvalue weighted by Gasteiger charge is -2.08. The van der Waals surface area contributed by atoms with Crippen molar-refractivity contribution in [3.05, 3.63) is 47.2 Å².